The highest BCUT2D eigenvalue weighted by molar-refractivity contribution is 5.94. The van der Waals surface area contributed by atoms with E-state index in [1.165, 1.54) is 0 Å². The lowest BCUT2D eigenvalue weighted by atomic mass is 10.2. The molecule has 188 valence electrons. The number of hydrogen-bond acceptors (Lipinski definition) is 6. The molecule has 0 aliphatic rings. The zero-order valence-electron chi connectivity index (χ0n) is 21.2. The first-order valence-corrected chi connectivity index (χ1v) is 11.9. The van der Waals surface area contributed by atoms with E-state index in [2.05, 4.69) is 29.3 Å². The van der Waals surface area contributed by atoms with E-state index in [0.29, 0.717) is 25.3 Å². The summed E-state index contributed by atoms with van der Waals surface area (Å²) in [6.07, 6.45) is 2.63. The zero-order chi connectivity index (χ0) is 25.5. The smallest absolute Gasteiger partial charge is 0.252 e. The Kier molecular flexibility index (Phi) is 7.95. The molecule has 2 heterocycles. The first-order valence-electron chi connectivity index (χ1n) is 11.9. The van der Waals surface area contributed by atoms with Crippen LogP contribution in [0.1, 0.15) is 28.5 Å². The van der Waals surface area contributed by atoms with Crippen LogP contribution >= 0.6 is 0 Å². The van der Waals surface area contributed by atoms with Gasteiger partial charge in [-0.1, -0.05) is 19.1 Å². The minimum Gasteiger partial charge on any atom is -0.497 e. The maximum Gasteiger partial charge on any atom is 0.252 e. The minimum atomic E-state index is -0.161. The van der Waals surface area contributed by atoms with Gasteiger partial charge in [-0.2, -0.15) is 0 Å². The van der Waals surface area contributed by atoms with Crippen molar-refractivity contribution in [1.82, 2.24) is 14.7 Å². The summed E-state index contributed by atoms with van der Waals surface area (Å²) in [6, 6.07) is 19.0. The number of imidazole rings is 1. The second kappa shape index (κ2) is 11.5. The number of aromatic nitrogens is 2. The van der Waals surface area contributed by atoms with Crippen molar-refractivity contribution in [2.45, 2.75) is 19.9 Å². The maximum atomic E-state index is 12.8. The summed E-state index contributed by atoms with van der Waals surface area (Å²) >= 11 is 0. The summed E-state index contributed by atoms with van der Waals surface area (Å²) < 4.78 is 18.1. The van der Waals surface area contributed by atoms with E-state index in [0.717, 1.165) is 46.4 Å². The third kappa shape index (κ3) is 5.71. The molecular formula is C28H32N4O4. The molecule has 4 aromatic rings. The van der Waals surface area contributed by atoms with Gasteiger partial charge in [0.15, 0.2) is 0 Å². The molecule has 8 nitrogen and oxygen atoms in total. The van der Waals surface area contributed by atoms with Gasteiger partial charge in [-0.3, -0.25) is 9.20 Å². The summed E-state index contributed by atoms with van der Waals surface area (Å²) in [5.74, 6) is 3.13. The molecule has 0 spiro atoms. The summed E-state index contributed by atoms with van der Waals surface area (Å²) in [4.78, 5) is 19.8. The molecule has 0 saturated carbocycles. The highest BCUT2D eigenvalue weighted by atomic mass is 16.5. The first-order chi connectivity index (χ1) is 17.5. The van der Waals surface area contributed by atoms with Gasteiger partial charge < -0.3 is 24.4 Å². The van der Waals surface area contributed by atoms with Gasteiger partial charge in [0.2, 0.25) is 0 Å². The highest BCUT2D eigenvalue weighted by Gasteiger charge is 2.17. The molecular weight excluding hydrogens is 456 g/mol. The van der Waals surface area contributed by atoms with Crippen LogP contribution in [0, 0.1) is 0 Å². The quantitative estimate of drug-likeness (QED) is 0.316. The summed E-state index contributed by atoms with van der Waals surface area (Å²) in [7, 11) is 5.32. The van der Waals surface area contributed by atoms with Crippen molar-refractivity contribution in [3.05, 3.63) is 83.7 Å². The number of rotatable bonds is 11. The Morgan fingerprint density at radius 1 is 0.944 bits per heavy atom. The van der Waals surface area contributed by atoms with Crippen LogP contribution in [0.5, 0.6) is 17.2 Å². The first kappa shape index (κ1) is 24.9. The topological polar surface area (TPSA) is 77.3 Å². The number of benzene rings is 2. The average Bonchev–Trinajstić information content (AvgIpc) is 3.30. The second-order valence-electron chi connectivity index (χ2n) is 8.37. The third-order valence-corrected chi connectivity index (χ3v) is 5.92. The van der Waals surface area contributed by atoms with E-state index in [1.807, 2.05) is 60.1 Å². The second-order valence-corrected chi connectivity index (χ2v) is 8.37. The van der Waals surface area contributed by atoms with Gasteiger partial charge >= 0.3 is 0 Å². The SMILES string of the molecule is CCc1nc2ccc(C(=O)NCCOc3ccc(OC)cc3)cn2c1N(C)Cc1ccc(OC)cc1. The molecule has 1 amide bonds. The van der Waals surface area contributed by atoms with Crippen molar-refractivity contribution in [1.29, 1.82) is 0 Å². The van der Waals surface area contributed by atoms with Crippen LogP contribution in [0.25, 0.3) is 5.65 Å². The predicted molar refractivity (Wildman–Crippen MR) is 140 cm³/mol. The van der Waals surface area contributed by atoms with Crippen molar-refractivity contribution in [3.8, 4) is 17.2 Å². The van der Waals surface area contributed by atoms with Gasteiger partial charge in [-0.25, -0.2) is 4.98 Å². The monoisotopic (exact) mass is 488 g/mol. The molecule has 0 atom stereocenters. The molecule has 2 aromatic heterocycles. The van der Waals surface area contributed by atoms with Crippen LogP contribution in [0.4, 0.5) is 5.82 Å². The molecule has 2 aromatic carbocycles. The number of hydrogen-bond donors (Lipinski definition) is 1. The number of amides is 1. The fraction of sp³-hybridized carbons (Fsp3) is 0.286. The number of carbonyl (C=O) groups is 1. The Morgan fingerprint density at radius 2 is 1.58 bits per heavy atom. The third-order valence-electron chi connectivity index (χ3n) is 5.92. The molecule has 0 aliphatic carbocycles. The normalized spacial score (nSPS) is 10.8. The Morgan fingerprint density at radius 3 is 2.22 bits per heavy atom. The predicted octanol–water partition coefficient (Wildman–Crippen LogP) is 4.36. The number of nitrogens with zero attached hydrogens (tertiary/aromatic N) is 3. The lowest BCUT2D eigenvalue weighted by Crippen LogP contribution is -2.28. The molecule has 0 unspecified atom stereocenters. The van der Waals surface area contributed by atoms with Gasteiger partial charge in [0.05, 0.1) is 32.0 Å². The number of pyridine rings is 1. The molecule has 1 N–H and O–H groups in total. The number of aryl methyl sites for hydroxylation is 1. The summed E-state index contributed by atoms with van der Waals surface area (Å²) in [6.45, 7) is 3.53. The molecule has 0 aliphatic heterocycles. The van der Waals surface area contributed by atoms with Crippen LogP contribution in [0.15, 0.2) is 66.9 Å². The number of nitrogens with one attached hydrogen (secondary N) is 1. The molecule has 0 bridgehead atoms. The fourth-order valence-electron chi connectivity index (χ4n) is 4.04. The van der Waals surface area contributed by atoms with Gasteiger partial charge in [0, 0.05) is 19.8 Å². The van der Waals surface area contributed by atoms with Crippen molar-refractivity contribution in [2.24, 2.45) is 0 Å². The average molecular weight is 489 g/mol. The molecule has 8 heteroatoms. The van der Waals surface area contributed by atoms with Crippen molar-refractivity contribution >= 4 is 17.4 Å². The van der Waals surface area contributed by atoms with Gasteiger partial charge in [0.25, 0.3) is 5.91 Å². The van der Waals surface area contributed by atoms with Crippen LogP contribution < -0.4 is 24.4 Å². The summed E-state index contributed by atoms with van der Waals surface area (Å²) in [5, 5.41) is 2.93. The largest absolute Gasteiger partial charge is 0.497 e. The lowest BCUT2D eigenvalue weighted by Gasteiger charge is -2.20. The molecule has 4 rings (SSSR count). The molecule has 0 fully saturated rings. The highest BCUT2D eigenvalue weighted by Crippen LogP contribution is 2.25. The molecule has 0 radical (unpaired) electrons. The van der Waals surface area contributed by atoms with E-state index in [4.69, 9.17) is 19.2 Å². The lowest BCUT2D eigenvalue weighted by molar-refractivity contribution is 0.0946. The van der Waals surface area contributed by atoms with E-state index in [-0.39, 0.29) is 5.91 Å². The summed E-state index contributed by atoms with van der Waals surface area (Å²) in [5.41, 5.74) is 3.51. The fourth-order valence-corrected chi connectivity index (χ4v) is 4.04. The molecule has 0 saturated heterocycles. The van der Waals surface area contributed by atoms with Gasteiger partial charge in [-0.05, 0) is 60.5 Å². The molecule has 36 heavy (non-hydrogen) atoms. The number of fused-ring (bicyclic) bond motifs is 1. The van der Waals surface area contributed by atoms with Crippen LogP contribution in [-0.4, -0.2) is 49.7 Å². The Hall–Kier alpha value is -4.20. The van der Waals surface area contributed by atoms with Crippen LogP contribution in [0.2, 0.25) is 0 Å². The van der Waals surface area contributed by atoms with Crippen LogP contribution in [-0.2, 0) is 13.0 Å². The standard InChI is InChI=1S/C28H32N4O4/c1-5-25-28(31(2)18-20-6-9-22(34-3)10-7-20)32-19-21(8-15-26(32)30-25)27(33)29-16-17-36-24-13-11-23(35-4)12-14-24/h6-15,19H,5,16-18H2,1-4H3,(H,29,33). The Balaban J connectivity index is 1.44. The number of methoxy groups -OCH3 is 2. The van der Waals surface area contributed by atoms with E-state index in [1.54, 1.807) is 20.3 Å². The van der Waals surface area contributed by atoms with Crippen molar-refractivity contribution in [2.75, 3.05) is 39.3 Å². The van der Waals surface area contributed by atoms with Crippen LogP contribution in [0.3, 0.4) is 0 Å². The van der Waals surface area contributed by atoms with Gasteiger partial charge in [-0.15, -0.1) is 0 Å². The number of anilines is 1. The Bertz CT molecular complexity index is 1300. The number of carbonyl (C=O) groups excluding carboxylic acids is 1. The van der Waals surface area contributed by atoms with Crippen molar-refractivity contribution in [3.63, 3.8) is 0 Å². The maximum absolute atomic E-state index is 12.8. The number of ether oxygens (including phenoxy) is 3. The van der Waals surface area contributed by atoms with Crippen molar-refractivity contribution < 1.29 is 19.0 Å². The zero-order valence-corrected chi connectivity index (χ0v) is 21.2. The van der Waals surface area contributed by atoms with E-state index < -0.39 is 0 Å². The van der Waals surface area contributed by atoms with Gasteiger partial charge in [0.1, 0.15) is 35.3 Å². The Labute approximate surface area is 211 Å². The van der Waals surface area contributed by atoms with E-state index >= 15 is 0 Å². The minimum absolute atomic E-state index is 0.161. The van der Waals surface area contributed by atoms with E-state index in [9.17, 15) is 4.79 Å².